The van der Waals surface area contributed by atoms with Gasteiger partial charge in [0.25, 0.3) is 0 Å². The molecule has 1 N–H and O–H groups in total. The van der Waals surface area contributed by atoms with Gasteiger partial charge < -0.3 is 24.1 Å². The average Bonchev–Trinajstić information content (AvgIpc) is 3.12. The van der Waals surface area contributed by atoms with Gasteiger partial charge in [-0.25, -0.2) is 9.78 Å². The van der Waals surface area contributed by atoms with Crippen molar-refractivity contribution in [3.63, 3.8) is 0 Å². The standard InChI is InChI=1S/C30H38F3N3O4/c1-27(2,3)40-25(37)17-38-22-12-13-24-23(14-22)35-26(34-19-8-10-21(11-9-19)39-30(31,32)33)36(24)20-15-28(4,5)18-29(6,7)16-20/h8-14,20H,15-18H2,1-7H3,(H,34,35). The first-order valence-corrected chi connectivity index (χ1v) is 13.4. The molecule has 1 aromatic heterocycles. The van der Waals surface area contributed by atoms with Gasteiger partial charge in [0.15, 0.2) is 6.61 Å². The Kier molecular flexibility index (Phi) is 7.77. The van der Waals surface area contributed by atoms with E-state index in [0.29, 0.717) is 22.9 Å². The minimum atomic E-state index is -4.76. The molecular formula is C30H38F3N3O4. The van der Waals surface area contributed by atoms with Crippen LogP contribution in [0.25, 0.3) is 11.0 Å². The van der Waals surface area contributed by atoms with Gasteiger partial charge in [0.05, 0.1) is 11.0 Å². The highest BCUT2D eigenvalue weighted by atomic mass is 19.4. The molecule has 0 radical (unpaired) electrons. The van der Waals surface area contributed by atoms with E-state index in [0.717, 1.165) is 24.8 Å². The van der Waals surface area contributed by atoms with E-state index in [4.69, 9.17) is 14.5 Å². The Morgan fingerprint density at radius 3 is 2.17 bits per heavy atom. The van der Waals surface area contributed by atoms with E-state index in [-0.39, 0.29) is 29.2 Å². The summed E-state index contributed by atoms with van der Waals surface area (Å²) < 4.78 is 55.0. The van der Waals surface area contributed by atoms with Crippen molar-refractivity contribution in [3.8, 4) is 11.5 Å². The molecule has 218 valence electrons. The first-order chi connectivity index (χ1) is 18.4. The number of carbonyl (C=O) groups excluding carboxylic acids is 1. The van der Waals surface area contributed by atoms with Crippen LogP contribution in [0.4, 0.5) is 24.8 Å². The third kappa shape index (κ3) is 7.82. The molecular weight excluding hydrogens is 523 g/mol. The number of hydrogen-bond acceptors (Lipinski definition) is 6. The van der Waals surface area contributed by atoms with Crippen LogP contribution < -0.4 is 14.8 Å². The fourth-order valence-corrected chi connectivity index (χ4v) is 5.98. The van der Waals surface area contributed by atoms with E-state index in [9.17, 15) is 18.0 Å². The second-order valence-electron chi connectivity index (χ2n) is 13.1. The topological polar surface area (TPSA) is 74.6 Å². The normalized spacial score (nSPS) is 17.4. The van der Waals surface area contributed by atoms with Crippen LogP contribution in [0.5, 0.6) is 11.5 Å². The third-order valence-electron chi connectivity index (χ3n) is 6.68. The number of imidazole rings is 1. The molecule has 0 bridgehead atoms. The van der Waals surface area contributed by atoms with E-state index < -0.39 is 17.9 Å². The zero-order chi connectivity index (χ0) is 29.5. The lowest BCUT2D eigenvalue weighted by Gasteiger charge is -2.45. The van der Waals surface area contributed by atoms with E-state index in [1.807, 2.05) is 6.07 Å². The van der Waals surface area contributed by atoms with Crippen molar-refractivity contribution in [1.29, 1.82) is 0 Å². The van der Waals surface area contributed by atoms with Gasteiger partial charge in [0.1, 0.15) is 17.1 Å². The summed E-state index contributed by atoms with van der Waals surface area (Å²) in [5.41, 5.74) is 1.73. The number of carbonyl (C=O) groups is 1. The molecule has 2 aromatic carbocycles. The maximum absolute atomic E-state index is 12.6. The average molecular weight is 562 g/mol. The lowest BCUT2D eigenvalue weighted by atomic mass is 9.63. The molecule has 7 nitrogen and oxygen atoms in total. The van der Waals surface area contributed by atoms with Crippen LogP contribution in [-0.2, 0) is 9.53 Å². The highest BCUT2D eigenvalue weighted by Gasteiger charge is 2.40. The van der Waals surface area contributed by atoms with Crippen LogP contribution >= 0.6 is 0 Å². The molecule has 3 aromatic rings. The SMILES string of the molecule is CC1(C)CC(n2c(Nc3ccc(OC(F)(F)F)cc3)nc3cc(OCC(=O)OC(C)(C)C)ccc32)CC(C)(C)C1. The lowest BCUT2D eigenvalue weighted by molar-refractivity contribution is -0.274. The first-order valence-electron chi connectivity index (χ1n) is 13.4. The molecule has 1 saturated carbocycles. The molecule has 1 fully saturated rings. The van der Waals surface area contributed by atoms with Crippen LogP contribution in [0, 0.1) is 10.8 Å². The van der Waals surface area contributed by atoms with Crippen LogP contribution in [0.1, 0.15) is 73.8 Å². The Hall–Kier alpha value is -3.43. The highest BCUT2D eigenvalue weighted by Crippen LogP contribution is 2.51. The Balaban J connectivity index is 1.67. The minimum Gasteiger partial charge on any atom is -0.482 e. The predicted octanol–water partition coefficient (Wildman–Crippen LogP) is 8.18. The number of ether oxygens (including phenoxy) is 3. The molecule has 1 aliphatic carbocycles. The van der Waals surface area contributed by atoms with Crippen LogP contribution in [-0.4, -0.2) is 34.1 Å². The van der Waals surface area contributed by atoms with E-state index >= 15 is 0 Å². The number of fused-ring (bicyclic) bond motifs is 1. The second kappa shape index (κ2) is 10.5. The number of halogens is 3. The smallest absolute Gasteiger partial charge is 0.482 e. The Bertz CT molecular complexity index is 1340. The zero-order valence-corrected chi connectivity index (χ0v) is 24.1. The van der Waals surface area contributed by atoms with E-state index in [2.05, 4.69) is 42.3 Å². The number of hydrogen-bond donors (Lipinski definition) is 1. The third-order valence-corrected chi connectivity index (χ3v) is 6.68. The summed E-state index contributed by atoms with van der Waals surface area (Å²) in [4.78, 5) is 17.0. The molecule has 1 aliphatic rings. The van der Waals surface area contributed by atoms with Crippen molar-refractivity contribution < 1.29 is 32.2 Å². The summed E-state index contributed by atoms with van der Waals surface area (Å²) >= 11 is 0. The summed E-state index contributed by atoms with van der Waals surface area (Å²) in [5.74, 6) is 0.286. The Labute approximate surface area is 233 Å². The van der Waals surface area contributed by atoms with Crippen molar-refractivity contribution in [1.82, 2.24) is 9.55 Å². The van der Waals surface area contributed by atoms with Crippen LogP contribution in [0.15, 0.2) is 42.5 Å². The van der Waals surface area contributed by atoms with Gasteiger partial charge in [-0.05, 0) is 87.3 Å². The first kappa shape index (κ1) is 29.6. The van der Waals surface area contributed by atoms with Crippen molar-refractivity contribution >= 4 is 28.6 Å². The molecule has 0 saturated heterocycles. The zero-order valence-electron chi connectivity index (χ0n) is 24.1. The van der Waals surface area contributed by atoms with Crippen molar-refractivity contribution in [2.45, 2.75) is 85.7 Å². The summed E-state index contributed by atoms with van der Waals surface area (Å²) in [7, 11) is 0. The quantitative estimate of drug-likeness (QED) is 0.293. The maximum atomic E-state index is 12.6. The number of benzene rings is 2. The molecule has 0 aliphatic heterocycles. The number of anilines is 2. The Morgan fingerprint density at radius 1 is 1.00 bits per heavy atom. The van der Waals surface area contributed by atoms with Gasteiger partial charge in [-0.3, -0.25) is 0 Å². The predicted molar refractivity (Wildman–Crippen MR) is 148 cm³/mol. The number of rotatable bonds is 7. The van der Waals surface area contributed by atoms with Gasteiger partial charge in [-0.1, -0.05) is 27.7 Å². The molecule has 0 unspecified atom stereocenters. The number of nitrogens with one attached hydrogen (secondary N) is 1. The largest absolute Gasteiger partial charge is 0.573 e. The fourth-order valence-electron chi connectivity index (χ4n) is 5.98. The summed E-state index contributed by atoms with van der Waals surface area (Å²) in [5, 5.41) is 3.30. The van der Waals surface area contributed by atoms with Gasteiger partial charge in [0, 0.05) is 17.8 Å². The summed E-state index contributed by atoms with van der Waals surface area (Å²) in [6.07, 6.45) is -1.79. The summed E-state index contributed by atoms with van der Waals surface area (Å²) in [6, 6.07) is 11.2. The number of nitrogens with zero attached hydrogens (tertiary/aromatic N) is 2. The fraction of sp³-hybridized carbons (Fsp3) is 0.533. The lowest BCUT2D eigenvalue weighted by Crippen LogP contribution is -2.35. The molecule has 4 rings (SSSR count). The van der Waals surface area contributed by atoms with Crippen molar-refractivity contribution in [2.75, 3.05) is 11.9 Å². The molecule has 0 spiro atoms. The number of alkyl halides is 3. The molecule has 0 atom stereocenters. The number of esters is 1. The molecule has 40 heavy (non-hydrogen) atoms. The maximum Gasteiger partial charge on any atom is 0.573 e. The second-order valence-corrected chi connectivity index (χ2v) is 13.1. The van der Waals surface area contributed by atoms with Crippen molar-refractivity contribution in [2.24, 2.45) is 10.8 Å². The van der Waals surface area contributed by atoms with Gasteiger partial charge in [-0.15, -0.1) is 13.2 Å². The minimum absolute atomic E-state index is 0.104. The molecule has 1 heterocycles. The summed E-state index contributed by atoms with van der Waals surface area (Å²) in [6.45, 7) is 14.2. The monoisotopic (exact) mass is 561 g/mol. The molecule has 0 amide bonds. The molecule has 10 heteroatoms. The van der Waals surface area contributed by atoms with Crippen LogP contribution in [0.2, 0.25) is 0 Å². The van der Waals surface area contributed by atoms with Gasteiger partial charge in [0.2, 0.25) is 5.95 Å². The van der Waals surface area contributed by atoms with Gasteiger partial charge in [-0.2, -0.15) is 0 Å². The van der Waals surface area contributed by atoms with E-state index in [1.165, 1.54) is 24.3 Å². The van der Waals surface area contributed by atoms with E-state index in [1.54, 1.807) is 32.9 Å². The van der Waals surface area contributed by atoms with Crippen LogP contribution in [0.3, 0.4) is 0 Å². The van der Waals surface area contributed by atoms with Gasteiger partial charge >= 0.3 is 12.3 Å². The number of aromatic nitrogens is 2. The van der Waals surface area contributed by atoms with Crippen molar-refractivity contribution in [3.05, 3.63) is 42.5 Å². The Morgan fingerprint density at radius 2 is 1.60 bits per heavy atom. The highest BCUT2D eigenvalue weighted by molar-refractivity contribution is 5.82.